The second-order valence-corrected chi connectivity index (χ2v) is 13.5. The Morgan fingerprint density at radius 1 is 1.00 bits per heavy atom. The van der Waals surface area contributed by atoms with Crippen molar-refractivity contribution in [3.05, 3.63) is 110 Å². The van der Waals surface area contributed by atoms with Crippen LogP contribution in [0.2, 0.25) is 5.02 Å². The summed E-state index contributed by atoms with van der Waals surface area (Å²) in [6, 6.07) is 17.7. The van der Waals surface area contributed by atoms with Crippen molar-refractivity contribution in [2.75, 3.05) is 11.4 Å². The Kier molecular flexibility index (Phi) is 8.44. The first-order valence-electron chi connectivity index (χ1n) is 13.2. The minimum Gasteiger partial charge on any atom is -0.329 e. The van der Waals surface area contributed by atoms with Crippen molar-refractivity contribution in [1.29, 1.82) is 0 Å². The zero-order chi connectivity index (χ0) is 31.1. The van der Waals surface area contributed by atoms with E-state index in [1.807, 2.05) is 26.8 Å². The van der Waals surface area contributed by atoms with E-state index < -0.39 is 27.0 Å². The standard InChI is InChI=1S/C31H34ClFN4O4S/c1-20-13-14-22(17-26(20)33)19-36(31(3,4)5)29(38)23-15-16-25(32)27(18-23)42(40,41)35(7)28-21(2)34(6)37(30(28)39)24-11-9-8-10-12-24/h8-18H,19H2,1-7H3. The fourth-order valence-electron chi connectivity index (χ4n) is 4.71. The highest BCUT2D eigenvalue weighted by Gasteiger charge is 2.33. The first-order valence-corrected chi connectivity index (χ1v) is 15.1. The third kappa shape index (κ3) is 5.73. The van der Waals surface area contributed by atoms with Crippen molar-refractivity contribution >= 4 is 33.2 Å². The van der Waals surface area contributed by atoms with E-state index in [-0.39, 0.29) is 33.5 Å². The van der Waals surface area contributed by atoms with Gasteiger partial charge >= 0.3 is 0 Å². The lowest BCUT2D eigenvalue weighted by Crippen LogP contribution is -2.45. The number of benzene rings is 3. The van der Waals surface area contributed by atoms with Gasteiger partial charge in [0.25, 0.3) is 21.5 Å². The maximum atomic E-state index is 14.3. The number of aryl methyl sites for hydroxylation is 1. The number of para-hydroxylation sites is 1. The maximum Gasteiger partial charge on any atom is 0.296 e. The Morgan fingerprint density at radius 2 is 1.64 bits per heavy atom. The summed E-state index contributed by atoms with van der Waals surface area (Å²) in [5, 5.41) is -0.0988. The summed E-state index contributed by atoms with van der Waals surface area (Å²) in [6.45, 7) is 8.93. The summed E-state index contributed by atoms with van der Waals surface area (Å²) < 4.78 is 46.0. The second kappa shape index (κ2) is 11.4. The molecule has 0 bridgehead atoms. The van der Waals surface area contributed by atoms with Gasteiger partial charge in [0, 0.05) is 31.7 Å². The zero-order valence-electron chi connectivity index (χ0n) is 24.6. The second-order valence-electron chi connectivity index (χ2n) is 11.2. The average molecular weight is 613 g/mol. The van der Waals surface area contributed by atoms with Crippen LogP contribution in [0.3, 0.4) is 0 Å². The fourth-order valence-corrected chi connectivity index (χ4v) is 6.45. The molecule has 0 aliphatic heterocycles. The van der Waals surface area contributed by atoms with Crippen molar-refractivity contribution in [3.8, 4) is 5.69 Å². The third-order valence-corrected chi connectivity index (χ3v) is 9.53. The van der Waals surface area contributed by atoms with Crippen LogP contribution in [0.15, 0.2) is 76.4 Å². The molecule has 0 unspecified atom stereocenters. The van der Waals surface area contributed by atoms with Crippen LogP contribution in [0, 0.1) is 19.7 Å². The lowest BCUT2D eigenvalue weighted by atomic mass is 10.0. The summed E-state index contributed by atoms with van der Waals surface area (Å²) in [7, 11) is -1.43. The smallest absolute Gasteiger partial charge is 0.296 e. The third-order valence-electron chi connectivity index (χ3n) is 7.29. The predicted octanol–water partition coefficient (Wildman–Crippen LogP) is 5.85. The highest BCUT2D eigenvalue weighted by molar-refractivity contribution is 7.93. The topological polar surface area (TPSA) is 84.6 Å². The van der Waals surface area contributed by atoms with Crippen LogP contribution in [-0.2, 0) is 23.6 Å². The molecule has 1 amide bonds. The van der Waals surface area contributed by atoms with Crippen LogP contribution in [-0.4, -0.2) is 41.2 Å². The number of hydrogen-bond donors (Lipinski definition) is 0. The molecule has 8 nitrogen and oxygen atoms in total. The number of halogens is 2. The number of sulfonamides is 1. The molecule has 0 aliphatic carbocycles. The van der Waals surface area contributed by atoms with E-state index in [9.17, 15) is 22.4 Å². The summed E-state index contributed by atoms with van der Waals surface area (Å²) in [5.41, 5.74) is 0.906. The van der Waals surface area contributed by atoms with E-state index in [1.54, 1.807) is 66.9 Å². The van der Waals surface area contributed by atoms with E-state index in [4.69, 9.17) is 11.6 Å². The summed E-state index contributed by atoms with van der Waals surface area (Å²) >= 11 is 6.40. The molecule has 0 atom stereocenters. The van der Waals surface area contributed by atoms with Gasteiger partial charge in [0.2, 0.25) is 0 Å². The maximum absolute atomic E-state index is 14.3. The number of rotatable bonds is 7. The Bertz CT molecular complexity index is 1830. The van der Waals surface area contributed by atoms with Crippen LogP contribution >= 0.6 is 11.6 Å². The molecule has 4 rings (SSSR count). The number of hydrogen-bond acceptors (Lipinski definition) is 4. The van der Waals surface area contributed by atoms with Crippen molar-refractivity contribution in [2.24, 2.45) is 7.05 Å². The molecule has 222 valence electrons. The van der Waals surface area contributed by atoms with E-state index in [2.05, 4.69) is 0 Å². The minimum absolute atomic E-state index is 0.0492. The molecule has 0 fully saturated rings. The quantitative estimate of drug-likeness (QED) is 0.262. The number of aromatic nitrogens is 2. The van der Waals surface area contributed by atoms with Gasteiger partial charge in [-0.3, -0.25) is 18.6 Å². The first-order chi connectivity index (χ1) is 19.6. The molecule has 4 aromatic rings. The van der Waals surface area contributed by atoms with E-state index in [1.165, 1.54) is 36.0 Å². The van der Waals surface area contributed by atoms with Crippen LogP contribution in [0.4, 0.5) is 10.1 Å². The Balaban J connectivity index is 1.75. The summed E-state index contributed by atoms with van der Waals surface area (Å²) in [5.74, 6) is -0.833. The minimum atomic E-state index is -4.39. The molecular formula is C31H34ClFN4O4S. The Labute approximate surface area is 250 Å². The average Bonchev–Trinajstić information content (AvgIpc) is 3.15. The highest BCUT2D eigenvalue weighted by Crippen LogP contribution is 2.31. The van der Waals surface area contributed by atoms with E-state index in [0.717, 1.165) is 4.31 Å². The van der Waals surface area contributed by atoms with Crippen LogP contribution in [0.25, 0.3) is 5.69 Å². The predicted molar refractivity (Wildman–Crippen MR) is 164 cm³/mol. The highest BCUT2D eigenvalue weighted by atomic mass is 35.5. The van der Waals surface area contributed by atoms with E-state index >= 15 is 0 Å². The molecule has 0 saturated heterocycles. The van der Waals surface area contributed by atoms with Gasteiger partial charge in [0.05, 0.1) is 16.4 Å². The molecule has 0 aliphatic rings. The van der Waals surface area contributed by atoms with Crippen molar-refractivity contribution in [2.45, 2.75) is 51.6 Å². The molecule has 1 heterocycles. The van der Waals surface area contributed by atoms with Crippen LogP contribution < -0.4 is 9.86 Å². The van der Waals surface area contributed by atoms with Gasteiger partial charge in [0.1, 0.15) is 16.4 Å². The van der Waals surface area contributed by atoms with Gasteiger partial charge in [-0.1, -0.05) is 41.9 Å². The molecule has 1 aromatic heterocycles. The van der Waals surface area contributed by atoms with E-state index in [0.29, 0.717) is 22.5 Å². The van der Waals surface area contributed by atoms with Gasteiger partial charge in [-0.2, -0.15) is 0 Å². The molecule has 0 N–H and O–H groups in total. The molecule has 0 radical (unpaired) electrons. The van der Waals surface area contributed by atoms with Gasteiger partial charge < -0.3 is 4.90 Å². The molecule has 3 aromatic carbocycles. The van der Waals surface area contributed by atoms with Crippen molar-refractivity contribution in [1.82, 2.24) is 14.3 Å². The Morgan fingerprint density at radius 3 is 2.24 bits per heavy atom. The fraction of sp³-hybridized carbons (Fsp3) is 0.290. The van der Waals surface area contributed by atoms with Gasteiger partial charge in [-0.05, 0) is 82.1 Å². The molecule has 11 heteroatoms. The number of amides is 1. The zero-order valence-corrected chi connectivity index (χ0v) is 26.2. The van der Waals surface area contributed by atoms with Gasteiger partial charge in [-0.25, -0.2) is 17.5 Å². The SMILES string of the molecule is Cc1ccc(CN(C(=O)c2ccc(Cl)c(S(=O)(=O)N(C)c3c(C)n(C)n(-c4ccccc4)c3=O)c2)C(C)(C)C)cc1F. The lowest BCUT2D eigenvalue weighted by Gasteiger charge is -2.36. The number of anilines is 1. The van der Waals surface area contributed by atoms with Crippen LogP contribution in [0.5, 0.6) is 0 Å². The van der Waals surface area contributed by atoms with Crippen LogP contribution in [0.1, 0.15) is 48.0 Å². The molecule has 0 saturated carbocycles. The molecule has 42 heavy (non-hydrogen) atoms. The molecular weight excluding hydrogens is 579 g/mol. The largest absolute Gasteiger partial charge is 0.329 e. The normalized spacial score (nSPS) is 11.9. The van der Waals surface area contributed by atoms with Gasteiger partial charge in [-0.15, -0.1) is 0 Å². The first kappa shape index (κ1) is 31.1. The number of carbonyl (C=O) groups is 1. The summed E-state index contributed by atoms with van der Waals surface area (Å²) in [6.07, 6.45) is 0. The molecule has 0 spiro atoms. The van der Waals surface area contributed by atoms with Crippen molar-refractivity contribution in [3.63, 3.8) is 0 Å². The van der Waals surface area contributed by atoms with Gasteiger partial charge in [0.15, 0.2) is 0 Å². The number of carbonyl (C=O) groups excluding carboxylic acids is 1. The number of nitrogens with zero attached hydrogens (tertiary/aromatic N) is 4. The monoisotopic (exact) mass is 612 g/mol. The Hall–Kier alpha value is -3.89. The summed E-state index contributed by atoms with van der Waals surface area (Å²) in [4.78, 5) is 28.6. The van der Waals surface area contributed by atoms with Crippen molar-refractivity contribution < 1.29 is 17.6 Å². The lowest BCUT2D eigenvalue weighted by molar-refractivity contribution is 0.0558.